The average molecular weight is 731 g/mol. The van der Waals surface area contributed by atoms with Crippen LogP contribution in [0.5, 0.6) is 0 Å². The molecule has 0 aliphatic carbocycles. The zero-order valence-electron chi connectivity index (χ0n) is 31.4. The molecule has 48 heavy (non-hydrogen) atoms. The molecule has 0 radical (unpaired) electrons. The number of esters is 2. The number of carbonyl (C=O) groups excluding carboxylic acids is 2. The van der Waals surface area contributed by atoms with E-state index in [1.54, 1.807) is 0 Å². The van der Waals surface area contributed by atoms with Crippen LogP contribution < -0.4 is 34.5 Å². The number of hydrogen-bond acceptors (Lipinski definition) is 9. The van der Waals surface area contributed by atoms with E-state index in [0.29, 0.717) is 6.42 Å². The number of unbranched alkanes of at least 4 members (excludes halogenated alkanes) is 24. The molecule has 0 N–H and O–H groups in total. The second-order valence-electron chi connectivity index (χ2n) is 13.1. The van der Waals surface area contributed by atoms with Crippen molar-refractivity contribution in [2.24, 2.45) is 0 Å². The fraction of sp³-hybridized carbons (Fsp3) is 0.946. The van der Waals surface area contributed by atoms with Crippen molar-refractivity contribution in [1.82, 2.24) is 0 Å². The van der Waals surface area contributed by atoms with E-state index in [1.165, 1.54) is 128 Å². The zero-order valence-corrected chi connectivity index (χ0v) is 35.2. The molecular weight excluding hydrogens is 658 g/mol. The second kappa shape index (κ2) is 38.6. The van der Waals surface area contributed by atoms with Crippen LogP contribution in [-0.2, 0) is 32.7 Å². The van der Waals surface area contributed by atoms with Crippen LogP contribution in [0, 0.1) is 0 Å². The molecule has 0 aromatic rings. The molecule has 280 valence electrons. The van der Waals surface area contributed by atoms with Crippen LogP contribution in [0.2, 0.25) is 0 Å². The van der Waals surface area contributed by atoms with Crippen molar-refractivity contribution < 1.29 is 67.1 Å². The van der Waals surface area contributed by atoms with Gasteiger partial charge in [-0.15, -0.1) is 0 Å². The van der Waals surface area contributed by atoms with Crippen LogP contribution in [-0.4, -0.2) is 43.6 Å². The summed E-state index contributed by atoms with van der Waals surface area (Å²) in [6, 6.07) is 0. The van der Waals surface area contributed by atoms with E-state index in [4.69, 9.17) is 18.5 Å². The summed E-state index contributed by atoms with van der Waals surface area (Å²) < 4.78 is 32.4. The van der Waals surface area contributed by atoms with Crippen molar-refractivity contribution >= 4 is 32.4 Å². The number of thiol groups is 1. The van der Waals surface area contributed by atoms with E-state index in [9.17, 15) is 19.0 Å². The molecule has 11 heteroatoms. The SMILES string of the molecule is CCCCCCCCCCCCCCCC(=O)OC[C@H](COP(=O)([O-])OCCS)OC(=O)CCCCCCCCCCCCCCC.[Na+]. The molecule has 0 bridgehead atoms. The summed E-state index contributed by atoms with van der Waals surface area (Å²) in [5.74, 6) is -0.627. The molecule has 0 aromatic carbocycles. The van der Waals surface area contributed by atoms with Gasteiger partial charge in [0.15, 0.2) is 6.10 Å². The normalized spacial score (nSPS) is 13.1. The standard InChI is InChI=1S/C37H73O8PS.Na/c1-3-5-7-9-11-13-15-17-19-21-23-25-27-29-36(38)42-33-35(34-44-46(40,41)43-31-32-47)45-37(39)30-28-26-24-22-20-18-16-14-12-10-8-6-4-2;/h35,47H,3-34H2,1-2H3,(H,40,41);/q;+1/p-1/t35-;/m1./s1. The number of rotatable bonds is 37. The molecule has 0 spiro atoms. The van der Waals surface area contributed by atoms with Crippen molar-refractivity contribution in [2.75, 3.05) is 25.6 Å². The van der Waals surface area contributed by atoms with Gasteiger partial charge in [0.1, 0.15) is 6.61 Å². The first-order valence-electron chi connectivity index (χ1n) is 19.4. The molecule has 0 saturated heterocycles. The van der Waals surface area contributed by atoms with Crippen LogP contribution in [0.4, 0.5) is 0 Å². The Morgan fingerprint density at radius 2 is 0.917 bits per heavy atom. The fourth-order valence-corrected chi connectivity index (χ4v) is 6.53. The smallest absolute Gasteiger partial charge is 0.756 e. The summed E-state index contributed by atoms with van der Waals surface area (Å²) in [6.07, 6.45) is 31.1. The van der Waals surface area contributed by atoms with Gasteiger partial charge in [0.25, 0.3) is 7.82 Å². The Balaban J connectivity index is 0. The summed E-state index contributed by atoms with van der Waals surface area (Å²) in [6.45, 7) is 3.64. The summed E-state index contributed by atoms with van der Waals surface area (Å²) in [5.41, 5.74) is 0. The number of hydrogen-bond donors (Lipinski definition) is 1. The third-order valence-electron chi connectivity index (χ3n) is 8.46. The Kier molecular flexibility index (Phi) is 40.6. The molecule has 0 fully saturated rings. The van der Waals surface area contributed by atoms with E-state index in [0.717, 1.165) is 32.1 Å². The molecular formula is C37H72NaO8PS. The van der Waals surface area contributed by atoms with Crippen LogP contribution in [0.25, 0.3) is 0 Å². The predicted molar refractivity (Wildman–Crippen MR) is 195 cm³/mol. The average Bonchev–Trinajstić information content (AvgIpc) is 3.05. The Morgan fingerprint density at radius 3 is 1.29 bits per heavy atom. The molecule has 0 aliphatic rings. The Labute approximate surface area is 323 Å². The molecule has 2 atom stereocenters. The summed E-state index contributed by atoms with van der Waals surface area (Å²) in [4.78, 5) is 36.8. The Bertz CT molecular complexity index is 761. The van der Waals surface area contributed by atoms with Crippen molar-refractivity contribution in [1.29, 1.82) is 0 Å². The number of carbonyl (C=O) groups is 2. The van der Waals surface area contributed by atoms with Gasteiger partial charge in [-0.1, -0.05) is 168 Å². The van der Waals surface area contributed by atoms with Crippen LogP contribution in [0.1, 0.15) is 194 Å². The van der Waals surface area contributed by atoms with Gasteiger partial charge in [-0.2, -0.15) is 12.6 Å². The van der Waals surface area contributed by atoms with Crippen LogP contribution >= 0.6 is 20.5 Å². The number of phosphoric ester groups is 1. The second-order valence-corrected chi connectivity index (χ2v) is 14.9. The molecule has 8 nitrogen and oxygen atoms in total. The maximum absolute atomic E-state index is 12.5. The van der Waals surface area contributed by atoms with Gasteiger partial charge in [-0.05, 0) is 12.8 Å². The Hall–Kier alpha value is 0.400. The maximum Gasteiger partial charge on any atom is 1.00 e. The third-order valence-corrected chi connectivity index (χ3v) is 9.60. The van der Waals surface area contributed by atoms with Crippen molar-refractivity contribution in [2.45, 2.75) is 200 Å². The monoisotopic (exact) mass is 730 g/mol. The maximum atomic E-state index is 12.5. The minimum atomic E-state index is -4.58. The molecule has 0 heterocycles. The zero-order chi connectivity index (χ0) is 34.7. The van der Waals surface area contributed by atoms with Gasteiger partial charge >= 0.3 is 41.5 Å². The minimum Gasteiger partial charge on any atom is -0.756 e. The summed E-state index contributed by atoms with van der Waals surface area (Å²) in [5, 5.41) is 0. The number of ether oxygens (including phenoxy) is 2. The van der Waals surface area contributed by atoms with Gasteiger partial charge in [-0.3, -0.25) is 14.2 Å². The third kappa shape index (κ3) is 37.7. The van der Waals surface area contributed by atoms with Gasteiger partial charge in [0, 0.05) is 18.6 Å². The van der Waals surface area contributed by atoms with Crippen LogP contribution in [0.15, 0.2) is 0 Å². The molecule has 0 amide bonds. The summed E-state index contributed by atoms with van der Waals surface area (Å²) >= 11 is 3.94. The topological polar surface area (TPSA) is 111 Å². The molecule has 1 unspecified atom stereocenters. The van der Waals surface area contributed by atoms with E-state index in [-0.39, 0.29) is 67.3 Å². The largest absolute Gasteiger partial charge is 1.00 e. The first-order chi connectivity index (χ1) is 22.8. The van der Waals surface area contributed by atoms with Gasteiger partial charge < -0.3 is 23.4 Å². The van der Waals surface area contributed by atoms with Crippen molar-refractivity contribution in [3.63, 3.8) is 0 Å². The van der Waals surface area contributed by atoms with E-state index in [2.05, 4.69) is 26.5 Å². The van der Waals surface area contributed by atoms with E-state index in [1.807, 2.05) is 0 Å². The first-order valence-corrected chi connectivity index (χ1v) is 21.5. The minimum absolute atomic E-state index is 0. The fourth-order valence-electron chi connectivity index (χ4n) is 5.56. The van der Waals surface area contributed by atoms with Gasteiger partial charge in [0.2, 0.25) is 0 Å². The molecule has 0 saturated carbocycles. The van der Waals surface area contributed by atoms with Gasteiger partial charge in [0.05, 0.1) is 13.2 Å². The molecule has 0 rings (SSSR count). The predicted octanol–water partition coefficient (Wildman–Crippen LogP) is 7.84. The summed E-state index contributed by atoms with van der Waals surface area (Å²) in [7, 11) is -4.58. The van der Waals surface area contributed by atoms with E-state index < -0.39 is 26.5 Å². The molecule has 0 aromatic heterocycles. The van der Waals surface area contributed by atoms with E-state index >= 15 is 0 Å². The quantitative estimate of drug-likeness (QED) is 0.0226. The van der Waals surface area contributed by atoms with Gasteiger partial charge in [-0.25, -0.2) is 0 Å². The van der Waals surface area contributed by atoms with Crippen molar-refractivity contribution in [3.05, 3.63) is 0 Å². The first kappa shape index (κ1) is 50.5. The van der Waals surface area contributed by atoms with Crippen LogP contribution in [0.3, 0.4) is 0 Å². The Morgan fingerprint density at radius 1 is 0.562 bits per heavy atom. The molecule has 0 aliphatic heterocycles. The van der Waals surface area contributed by atoms with Crippen molar-refractivity contribution in [3.8, 4) is 0 Å². The number of phosphoric acid groups is 1.